The van der Waals surface area contributed by atoms with Crippen LogP contribution in [0.1, 0.15) is 20.7 Å². The highest BCUT2D eigenvalue weighted by Crippen LogP contribution is 2.24. The second-order valence-electron chi connectivity index (χ2n) is 4.08. The molecule has 0 aliphatic heterocycles. The maximum atomic E-state index is 13.0. The number of carbonyl (C=O) groups excluding carboxylic acids is 1. The van der Waals surface area contributed by atoms with E-state index in [1.165, 1.54) is 36.4 Å². The monoisotopic (exact) mass is 419 g/mol. The van der Waals surface area contributed by atoms with E-state index in [0.29, 0.717) is 3.57 Å². The van der Waals surface area contributed by atoms with Crippen molar-refractivity contribution in [2.75, 3.05) is 5.32 Å². The highest BCUT2D eigenvalue weighted by Gasteiger charge is 2.14. The van der Waals surface area contributed by atoms with Gasteiger partial charge in [0, 0.05) is 3.57 Å². The smallest absolute Gasteiger partial charge is 0.335 e. The molecule has 7 heteroatoms. The van der Waals surface area contributed by atoms with E-state index >= 15 is 0 Å². The summed E-state index contributed by atoms with van der Waals surface area (Å²) >= 11 is 7.77. The third kappa shape index (κ3) is 3.70. The van der Waals surface area contributed by atoms with Crippen molar-refractivity contribution >= 4 is 51.8 Å². The van der Waals surface area contributed by atoms with Crippen LogP contribution in [0.15, 0.2) is 36.4 Å². The van der Waals surface area contributed by atoms with Gasteiger partial charge in [0.1, 0.15) is 5.82 Å². The Morgan fingerprint density at radius 3 is 2.52 bits per heavy atom. The predicted octanol–water partition coefficient (Wildman–Crippen LogP) is 4.03. The molecule has 0 unspecified atom stereocenters. The van der Waals surface area contributed by atoms with Gasteiger partial charge in [0.05, 0.1) is 21.8 Å². The molecule has 0 fully saturated rings. The number of rotatable bonds is 3. The van der Waals surface area contributed by atoms with E-state index in [-0.39, 0.29) is 21.8 Å². The van der Waals surface area contributed by atoms with Crippen LogP contribution in [0.25, 0.3) is 0 Å². The molecule has 0 aliphatic rings. The molecule has 2 rings (SSSR count). The molecule has 0 radical (unpaired) electrons. The first kappa shape index (κ1) is 15.7. The van der Waals surface area contributed by atoms with Gasteiger partial charge in [-0.3, -0.25) is 4.79 Å². The largest absolute Gasteiger partial charge is 0.478 e. The molecule has 108 valence electrons. The van der Waals surface area contributed by atoms with Crippen LogP contribution in [0.4, 0.5) is 10.1 Å². The molecule has 0 bridgehead atoms. The second-order valence-corrected chi connectivity index (χ2v) is 5.65. The van der Waals surface area contributed by atoms with Gasteiger partial charge in [-0.2, -0.15) is 0 Å². The van der Waals surface area contributed by atoms with E-state index in [9.17, 15) is 14.0 Å². The summed E-state index contributed by atoms with van der Waals surface area (Å²) in [6.45, 7) is 0. The lowest BCUT2D eigenvalue weighted by molar-refractivity contribution is 0.0696. The van der Waals surface area contributed by atoms with Crippen molar-refractivity contribution in [3.05, 3.63) is 61.9 Å². The standard InChI is InChI=1S/C14H8ClFINO3/c15-10-4-1-7(14(20)21)5-12(10)18-13(19)9-3-2-8(16)6-11(9)17/h1-6H,(H,18,19)(H,20,21). The molecule has 1 amide bonds. The van der Waals surface area contributed by atoms with Crippen LogP contribution in [0, 0.1) is 9.39 Å². The van der Waals surface area contributed by atoms with Crippen molar-refractivity contribution in [2.24, 2.45) is 0 Å². The van der Waals surface area contributed by atoms with E-state index in [0.717, 1.165) is 0 Å². The summed E-state index contributed by atoms with van der Waals surface area (Å²) in [4.78, 5) is 23.0. The fourth-order valence-corrected chi connectivity index (χ4v) is 2.50. The SMILES string of the molecule is O=C(O)c1ccc(Cl)c(NC(=O)c2ccc(F)cc2I)c1. The number of hydrogen-bond donors (Lipinski definition) is 2. The Balaban J connectivity index is 2.31. The van der Waals surface area contributed by atoms with E-state index < -0.39 is 17.7 Å². The molecular formula is C14H8ClFINO3. The fourth-order valence-electron chi connectivity index (χ4n) is 1.62. The Morgan fingerprint density at radius 2 is 1.90 bits per heavy atom. The first-order valence-electron chi connectivity index (χ1n) is 5.67. The van der Waals surface area contributed by atoms with E-state index in [4.69, 9.17) is 16.7 Å². The Hall–Kier alpha value is -1.67. The third-order valence-corrected chi connectivity index (χ3v) is 3.86. The molecule has 0 atom stereocenters. The van der Waals surface area contributed by atoms with E-state index in [1.54, 1.807) is 0 Å². The average Bonchev–Trinajstić information content (AvgIpc) is 2.40. The number of halogens is 3. The maximum absolute atomic E-state index is 13.0. The first-order valence-corrected chi connectivity index (χ1v) is 7.13. The zero-order chi connectivity index (χ0) is 15.6. The number of carbonyl (C=O) groups is 2. The van der Waals surface area contributed by atoms with Crippen LogP contribution in [0.5, 0.6) is 0 Å². The number of aromatic carboxylic acids is 1. The van der Waals surface area contributed by atoms with Crippen LogP contribution < -0.4 is 5.32 Å². The van der Waals surface area contributed by atoms with Crippen LogP contribution >= 0.6 is 34.2 Å². The summed E-state index contributed by atoms with van der Waals surface area (Å²) in [6.07, 6.45) is 0. The molecule has 0 heterocycles. The minimum absolute atomic E-state index is 0.00324. The number of anilines is 1. The summed E-state index contributed by atoms with van der Waals surface area (Å²) in [7, 11) is 0. The van der Waals surface area contributed by atoms with Crippen LogP contribution in [-0.4, -0.2) is 17.0 Å². The van der Waals surface area contributed by atoms with Gasteiger partial charge >= 0.3 is 5.97 Å². The molecule has 0 aliphatic carbocycles. The molecule has 2 aromatic carbocycles. The van der Waals surface area contributed by atoms with Crippen LogP contribution in [0.2, 0.25) is 5.02 Å². The lowest BCUT2D eigenvalue weighted by Gasteiger charge is -2.09. The Kier molecular flexibility index (Phi) is 4.79. The number of carboxylic acid groups (broad SMARTS) is 1. The minimum Gasteiger partial charge on any atom is -0.478 e. The molecule has 0 aromatic heterocycles. The van der Waals surface area contributed by atoms with Gasteiger partial charge in [-0.15, -0.1) is 0 Å². The predicted molar refractivity (Wildman–Crippen MR) is 85.5 cm³/mol. The summed E-state index contributed by atoms with van der Waals surface area (Å²) in [5.74, 6) is -2.07. The molecule has 2 aromatic rings. The van der Waals surface area contributed by atoms with Gasteiger partial charge in [-0.1, -0.05) is 11.6 Å². The van der Waals surface area contributed by atoms with Crippen molar-refractivity contribution in [1.82, 2.24) is 0 Å². The van der Waals surface area contributed by atoms with Crippen LogP contribution in [0.3, 0.4) is 0 Å². The molecule has 4 nitrogen and oxygen atoms in total. The van der Waals surface area contributed by atoms with Gasteiger partial charge in [0.2, 0.25) is 0 Å². The summed E-state index contributed by atoms with van der Waals surface area (Å²) < 4.78 is 13.5. The summed E-state index contributed by atoms with van der Waals surface area (Å²) in [5, 5.41) is 11.7. The van der Waals surface area contributed by atoms with E-state index in [1.807, 2.05) is 22.6 Å². The van der Waals surface area contributed by atoms with Crippen molar-refractivity contribution in [3.63, 3.8) is 0 Å². The highest BCUT2D eigenvalue weighted by molar-refractivity contribution is 14.1. The Bertz CT molecular complexity index is 736. The zero-order valence-corrected chi connectivity index (χ0v) is 13.3. The molecule has 21 heavy (non-hydrogen) atoms. The molecule has 0 saturated heterocycles. The van der Waals surface area contributed by atoms with Crippen molar-refractivity contribution < 1.29 is 19.1 Å². The third-order valence-electron chi connectivity index (χ3n) is 2.64. The minimum atomic E-state index is -1.13. The Morgan fingerprint density at radius 1 is 1.19 bits per heavy atom. The molecule has 0 saturated carbocycles. The maximum Gasteiger partial charge on any atom is 0.335 e. The number of carboxylic acids is 1. The summed E-state index contributed by atoms with van der Waals surface area (Å²) in [5.41, 5.74) is 0.457. The molecular weight excluding hydrogens is 412 g/mol. The molecule has 2 N–H and O–H groups in total. The molecule has 0 spiro atoms. The van der Waals surface area contributed by atoms with Crippen molar-refractivity contribution in [2.45, 2.75) is 0 Å². The highest BCUT2D eigenvalue weighted by atomic mass is 127. The van der Waals surface area contributed by atoms with Gasteiger partial charge in [0.25, 0.3) is 5.91 Å². The quantitative estimate of drug-likeness (QED) is 0.738. The number of amides is 1. The van der Waals surface area contributed by atoms with E-state index in [2.05, 4.69) is 5.32 Å². The lowest BCUT2D eigenvalue weighted by Crippen LogP contribution is -2.14. The number of hydrogen-bond acceptors (Lipinski definition) is 2. The van der Waals surface area contributed by atoms with Gasteiger partial charge in [-0.05, 0) is 59.0 Å². The van der Waals surface area contributed by atoms with Gasteiger partial charge in [0.15, 0.2) is 0 Å². The van der Waals surface area contributed by atoms with Crippen LogP contribution in [-0.2, 0) is 0 Å². The normalized spacial score (nSPS) is 10.2. The van der Waals surface area contributed by atoms with Crippen molar-refractivity contribution in [3.8, 4) is 0 Å². The summed E-state index contributed by atoms with van der Waals surface area (Å²) in [6, 6.07) is 7.73. The first-order chi connectivity index (χ1) is 9.88. The topological polar surface area (TPSA) is 66.4 Å². The second kappa shape index (κ2) is 6.40. The van der Waals surface area contributed by atoms with Crippen molar-refractivity contribution in [1.29, 1.82) is 0 Å². The zero-order valence-electron chi connectivity index (χ0n) is 10.4. The average molecular weight is 420 g/mol. The van der Waals surface area contributed by atoms with Gasteiger partial charge < -0.3 is 10.4 Å². The van der Waals surface area contributed by atoms with Gasteiger partial charge in [-0.25, -0.2) is 9.18 Å². The fraction of sp³-hybridized carbons (Fsp3) is 0. The lowest BCUT2D eigenvalue weighted by atomic mass is 10.1. The Labute approximate surface area is 138 Å². The number of nitrogens with one attached hydrogen (secondary N) is 1. The number of benzene rings is 2.